The van der Waals surface area contributed by atoms with Gasteiger partial charge in [-0.25, -0.2) is 4.68 Å². The molecule has 0 radical (unpaired) electrons. The lowest BCUT2D eigenvalue weighted by Gasteiger charge is -2.23. The average molecular weight is 217 g/mol. The molecule has 2 rings (SSSR count). The monoisotopic (exact) mass is 217 g/mol. The van der Waals surface area contributed by atoms with Gasteiger partial charge in [0.15, 0.2) is 0 Å². The van der Waals surface area contributed by atoms with Crippen molar-refractivity contribution in [2.75, 3.05) is 0 Å². The molecule has 0 fully saturated rings. The zero-order chi connectivity index (χ0) is 11.8. The number of ketones is 1. The molecule has 0 amide bonds. The van der Waals surface area contributed by atoms with Gasteiger partial charge in [-0.3, -0.25) is 4.79 Å². The number of carbonyl (C=O) groups excluding carboxylic acids is 1. The topological polar surface area (TPSA) is 47.8 Å². The molecule has 0 aliphatic rings. The van der Waals surface area contributed by atoms with Crippen LogP contribution in [-0.4, -0.2) is 20.8 Å². The molecule has 1 aromatic heterocycles. The molecule has 4 nitrogen and oxygen atoms in total. The normalized spacial score (nSPS) is 11.9. The predicted molar refractivity (Wildman–Crippen MR) is 62.1 cm³/mol. The van der Waals surface area contributed by atoms with Crippen LogP contribution in [0.4, 0.5) is 0 Å². The molecule has 84 valence electrons. The van der Waals surface area contributed by atoms with Gasteiger partial charge < -0.3 is 0 Å². The highest BCUT2D eigenvalue weighted by Crippen LogP contribution is 2.23. The Balaban J connectivity index is 2.50. The second kappa shape index (κ2) is 3.70. The summed E-state index contributed by atoms with van der Waals surface area (Å²) in [6.45, 7) is 5.59. The van der Waals surface area contributed by atoms with Crippen molar-refractivity contribution in [3.8, 4) is 0 Å². The van der Waals surface area contributed by atoms with E-state index in [1.807, 2.05) is 42.8 Å². The van der Waals surface area contributed by atoms with E-state index in [4.69, 9.17) is 0 Å². The van der Waals surface area contributed by atoms with E-state index in [-0.39, 0.29) is 11.3 Å². The third-order valence-electron chi connectivity index (χ3n) is 2.61. The van der Waals surface area contributed by atoms with Gasteiger partial charge in [0.2, 0.25) is 0 Å². The van der Waals surface area contributed by atoms with Crippen molar-refractivity contribution in [1.29, 1.82) is 0 Å². The van der Waals surface area contributed by atoms with Crippen LogP contribution in [0.25, 0.3) is 11.0 Å². The quantitative estimate of drug-likeness (QED) is 0.791. The van der Waals surface area contributed by atoms with E-state index in [2.05, 4.69) is 10.3 Å². The minimum absolute atomic E-state index is 0.157. The molecule has 16 heavy (non-hydrogen) atoms. The van der Waals surface area contributed by atoms with Gasteiger partial charge in [0.25, 0.3) is 0 Å². The van der Waals surface area contributed by atoms with Crippen LogP contribution >= 0.6 is 0 Å². The molecule has 0 aliphatic heterocycles. The number of nitrogens with zero attached hydrogens (tertiary/aromatic N) is 3. The Morgan fingerprint density at radius 3 is 2.75 bits per heavy atom. The number of para-hydroxylation sites is 1. The molecule has 0 atom stereocenters. The Labute approximate surface area is 94.3 Å². The fraction of sp³-hybridized carbons (Fsp3) is 0.417. The molecule has 1 heterocycles. The van der Waals surface area contributed by atoms with E-state index >= 15 is 0 Å². The highest BCUT2D eigenvalue weighted by Gasteiger charge is 2.25. The Hall–Kier alpha value is -1.71. The van der Waals surface area contributed by atoms with Crippen LogP contribution in [0, 0.1) is 0 Å². The highest BCUT2D eigenvalue weighted by molar-refractivity contribution is 5.78. The average Bonchev–Trinajstić information content (AvgIpc) is 2.59. The third kappa shape index (κ3) is 1.83. The lowest BCUT2D eigenvalue weighted by molar-refractivity contribution is -0.118. The summed E-state index contributed by atoms with van der Waals surface area (Å²) in [7, 11) is 0. The maximum Gasteiger partial charge on any atom is 0.132 e. The van der Waals surface area contributed by atoms with Crippen molar-refractivity contribution < 1.29 is 4.79 Å². The van der Waals surface area contributed by atoms with E-state index in [0.29, 0.717) is 6.42 Å². The minimum atomic E-state index is -0.331. The number of carbonyl (C=O) groups is 1. The summed E-state index contributed by atoms with van der Waals surface area (Å²) in [5.74, 6) is 0.157. The van der Waals surface area contributed by atoms with Gasteiger partial charge in [0.1, 0.15) is 11.3 Å². The van der Waals surface area contributed by atoms with Crippen molar-refractivity contribution >= 4 is 16.8 Å². The number of hydrogen-bond donors (Lipinski definition) is 0. The molecule has 0 saturated carbocycles. The van der Waals surface area contributed by atoms with Gasteiger partial charge in [-0.1, -0.05) is 17.3 Å². The molecule has 0 saturated heterocycles. The molecule has 0 unspecified atom stereocenters. The first-order valence-electron chi connectivity index (χ1n) is 5.31. The fourth-order valence-corrected chi connectivity index (χ4v) is 2.00. The smallest absolute Gasteiger partial charge is 0.132 e. The summed E-state index contributed by atoms with van der Waals surface area (Å²) < 4.78 is 1.82. The van der Waals surface area contributed by atoms with Crippen molar-refractivity contribution in [2.24, 2.45) is 0 Å². The molecular formula is C12H15N3O. The summed E-state index contributed by atoms with van der Waals surface area (Å²) in [6.07, 6.45) is 0.459. The summed E-state index contributed by atoms with van der Waals surface area (Å²) in [5, 5.41) is 8.23. The van der Waals surface area contributed by atoms with Crippen molar-refractivity contribution in [1.82, 2.24) is 15.0 Å². The number of hydrogen-bond acceptors (Lipinski definition) is 3. The zero-order valence-corrected chi connectivity index (χ0v) is 9.77. The molecule has 1 aromatic carbocycles. The van der Waals surface area contributed by atoms with E-state index in [0.717, 1.165) is 11.0 Å². The molecule has 0 N–H and O–H groups in total. The minimum Gasteiger partial charge on any atom is -0.300 e. The van der Waals surface area contributed by atoms with E-state index in [9.17, 15) is 4.79 Å². The molecular weight excluding hydrogens is 202 g/mol. The number of benzene rings is 1. The molecule has 0 spiro atoms. The highest BCUT2D eigenvalue weighted by atomic mass is 16.1. The maximum absolute atomic E-state index is 11.2. The van der Waals surface area contributed by atoms with Crippen LogP contribution in [-0.2, 0) is 10.3 Å². The number of fused-ring (bicyclic) bond motifs is 1. The first-order valence-corrected chi connectivity index (χ1v) is 5.31. The van der Waals surface area contributed by atoms with Crippen LogP contribution in [0.3, 0.4) is 0 Å². The maximum atomic E-state index is 11.2. The number of aromatic nitrogens is 3. The lowest BCUT2D eigenvalue weighted by atomic mass is 9.98. The van der Waals surface area contributed by atoms with Crippen LogP contribution in [0.5, 0.6) is 0 Å². The lowest BCUT2D eigenvalue weighted by Crippen LogP contribution is -2.29. The van der Waals surface area contributed by atoms with Gasteiger partial charge in [0, 0.05) is 6.42 Å². The number of Topliss-reactive ketones (excluding diaryl/α,β-unsaturated/α-hetero) is 1. The van der Waals surface area contributed by atoms with E-state index < -0.39 is 0 Å². The van der Waals surface area contributed by atoms with Gasteiger partial charge in [0.05, 0.1) is 11.1 Å². The van der Waals surface area contributed by atoms with Crippen LogP contribution < -0.4 is 0 Å². The van der Waals surface area contributed by atoms with Crippen LogP contribution in [0.1, 0.15) is 27.2 Å². The van der Waals surface area contributed by atoms with Gasteiger partial charge in [-0.15, -0.1) is 5.10 Å². The Kier molecular flexibility index (Phi) is 2.50. The van der Waals surface area contributed by atoms with Crippen LogP contribution in [0.15, 0.2) is 24.3 Å². The van der Waals surface area contributed by atoms with Gasteiger partial charge in [-0.05, 0) is 32.9 Å². The molecule has 0 bridgehead atoms. The van der Waals surface area contributed by atoms with Crippen molar-refractivity contribution in [3.05, 3.63) is 24.3 Å². The fourth-order valence-electron chi connectivity index (χ4n) is 2.00. The largest absolute Gasteiger partial charge is 0.300 e. The third-order valence-corrected chi connectivity index (χ3v) is 2.61. The SMILES string of the molecule is CC(=O)CC(C)(C)n1nnc2ccccc21. The number of rotatable bonds is 3. The van der Waals surface area contributed by atoms with Crippen molar-refractivity contribution in [3.63, 3.8) is 0 Å². The molecule has 2 aromatic rings. The Morgan fingerprint density at radius 1 is 1.38 bits per heavy atom. The second-order valence-electron chi connectivity index (χ2n) is 4.68. The standard InChI is InChI=1S/C12H15N3O/c1-9(16)8-12(2,3)15-11-7-5-4-6-10(11)13-14-15/h4-7H,8H2,1-3H3. The summed E-state index contributed by atoms with van der Waals surface area (Å²) in [5.41, 5.74) is 1.50. The first kappa shape index (κ1) is 10.8. The van der Waals surface area contributed by atoms with Crippen LogP contribution in [0.2, 0.25) is 0 Å². The van der Waals surface area contributed by atoms with Crippen molar-refractivity contribution in [2.45, 2.75) is 32.7 Å². The summed E-state index contributed by atoms with van der Waals surface area (Å²) in [6, 6.07) is 7.77. The summed E-state index contributed by atoms with van der Waals surface area (Å²) in [4.78, 5) is 11.2. The first-order chi connectivity index (χ1) is 7.50. The predicted octanol–water partition coefficient (Wildman–Crippen LogP) is 2.15. The van der Waals surface area contributed by atoms with E-state index in [1.165, 1.54) is 0 Å². The van der Waals surface area contributed by atoms with E-state index in [1.54, 1.807) is 6.92 Å². The second-order valence-corrected chi connectivity index (χ2v) is 4.68. The summed E-state index contributed by atoms with van der Waals surface area (Å²) >= 11 is 0. The Bertz CT molecular complexity index is 528. The molecule has 4 heteroatoms. The Morgan fingerprint density at radius 2 is 2.06 bits per heavy atom. The molecule has 0 aliphatic carbocycles. The van der Waals surface area contributed by atoms with Gasteiger partial charge >= 0.3 is 0 Å². The zero-order valence-electron chi connectivity index (χ0n) is 9.77. The van der Waals surface area contributed by atoms with Gasteiger partial charge in [-0.2, -0.15) is 0 Å².